The molecule has 5 nitrogen and oxygen atoms in total. The zero-order valence-electron chi connectivity index (χ0n) is 11.2. The van der Waals surface area contributed by atoms with Gasteiger partial charge in [0.2, 0.25) is 0 Å². The molecule has 104 valence electrons. The zero-order valence-corrected chi connectivity index (χ0v) is 12.0. The SMILES string of the molecule is CC(CCNC(=O)N1CCSC(C)C1C)C(=O)O. The number of aliphatic carboxylic acids is 1. The first-order valence-corrected chi connectivity index (χ1v) is 7.37. The molecular weight excluding hydrogens is 252 g/mol. The normalized spacial score (nSPS) is 25.6. The summed E-state index contributed by atoms with van der Waals surface area (Å²) in [6.07, 6.45) is 0.466. The van der Waals surface area contributed by atoms with Crippen LogP contribution in [0.25, 0.3) is 0 Å². The van der Waals surface area contributed by atoms with Gasteiger partial charge in [-0.3, -0.25) is 4.79 Å². The fraction of sp³-hybridized carbons (Fsp3) is 0.833. The summed E-state index contributed by atoms with van der Waals surface area (Å²) in [5, 5.41) is 12.0. The number of nitrogens with zero attached hydrogens (tertiary/aromatic N) is 1. The van der Waals surface area contributed by atoms with Crippen LogP contribution in [0.15, 0.2) is 0 Å². The third kappa shape index (κ3) is 4.08. The zero-order chi connectivity index (χ0) is 13.7. The molecule has 0 aromatic rings. The van der Waals surface area contributed by atoms with Gasteiger partial charge in [0.05, 0.1) is 5.92 Å². The second-order valence-electron chi connectivity index (χ2n) is 4.77. The van der Waals surface area contributed by atoms with Crippen LogP contribution < -0.4 is 5.32 Å². The van der Waals surface area contributed by atoms with Crippen molar-refractivity contribution in [2.24, 2.45) is 5.92 Å². The van der Waals surface area contributed by atoms with Gasteiger partial charge in [-0.1, -0.05) is 13.8 Å². The van der Waals surface area contributed by atoms with Gasteiger partial charge in [-0.05, 0) is 13.3 Å². The molecule has 18 heavy (non-hydrogen) atoms. The molecule has 1 fully saturated rings. The van der Waals surface area contributed by atoms with E-state index in [9.17, 15) is 9.59 Å². The predicted molar refractivity (Wildman–Crippen MR) is 72.9 cm³/mol. The third-order valence-electron chi connectivity index (χ3n) is 3.42. The lowest BCUT2D eigenvalue weighted by molar-refractivity contribution is -0.141. The fourth-order valence-corrected chi connectivity index (χ4v) is 2.94. The van der Waals surface area contributed by atoms with Crippen LogP contribution in [0.4, 0.5) is 4.79 Å². The average molecular weight is 274 g/mol. The van der Waals surface area contributed by atoms with E-state index in [2.05, 4.69) is 19.2 Å². The van der Waals surface area contributed by atoms with E-state index in [4.69, 9.17) is 5.11 Å². The van der Waals surface area contributed by atoms with Crippen molar-refractivity contribution >= 4 is 23.8 Å². The van der Waals surface area contributed by atoms with Gasteiger partial charge in [0.1, 0.15) is 0 Å². The molecule has 2 N–H and O–H groups in total. The van der Waals surface area contributed by atoms with Crippen LogP contribution in [-0.2, 0) is 4.79 Å². The first-order valence-electron chi connectivity index (χ1n) is 6.32. The average Bonchev–Trinajstić information content (AvgIpc) is 2.32. The molecule has 0 saturated carbocycles. The highest BCUT2D eigenvalue weighted by Gasteiger charge is 2.28. The minimum atomic E-state index is -0.819. The van der Waals surface area contributed by atoms with Gasteiger partial charge in [0.25, 0.3) is 0 Å². The van der Waals surface area contributed by atoms with Crippen molar-refractivity contribution in [2.75, 3.05) is 18.8 Å². The lowest BCUT2D eigenvalue weighted by Crippen LogP contribution is -2.52. The molecule has 0 radical (unpaired) electrons. The molecule has 0 aromatic carbocycles. The number of amides is 2. The number of urea groups is 1. The number of carbonyl (C=O) groups excluding carboxylic acids is 1. The fourth-order valence-electron chi connectivity index (χ4n) is 1.84. The quantitative estimate of drug-likeness (QED) is 0.817. The monoisotopic (exact) mass is 274 g/mol. The van der Waals surface area contributed by atoms with E-state index >= 15 is 0 Å². The van der Waals surface area contributed by atoms with Crippen LogP contribution in [0.5, 0.6) is 0 Å². The molecule has 0 aliphatic carbocycles. The largest absolute Gasteiger partial charge is 0.481 e. The minimum Gasteiger partial charge on any atom is -0.481 e. The number of carbonyl (C=O) groups is 2. The maximum atomic E-state index is 12.0. The lowest BCUT2D eigenvalue weighted by atomic mass is 10.1. The molecule has 1 heterocycles. The Kier molecular flexibility index (Phi) is 5.78. The number of hydrogen-bond donors (Lipinski definition) is 2. The molecule has 3 unspecified atom stereocenters. The minimum absolute atomic E-state index is 0.0766. The summed E-state index contributed by atoms with van der Waals surface area (Å²) in [5.74, 6) is -0.274. The Balaban J connectivity index is 2.34. The van der Waals surface area contributed by atoms with Crippen molar-refractivity contribution in [3.63, 3.8) is 0 Å². The summed E-state index contributed by atoms with van der Waals surface area (Å²) < 4.78 is 0. The number of nitrogens with one attached hydrogen (secondary N) is 1. The molecule has 1 saturated heterocycles. The maximum Gasteiger partial charge on any atom is 0.317 e. The van der Waals surface area contributed by atoms with Gasteiger partial charge in [0.15, 0.2) is 0 Å². The standard InChI is InChI=1S/C12H22N2O3S/c1-8(11(15)16)4-5-13-12(17)14-6-7-18-10(3)9(14)2/h8-10H,4-7H2,1-3H3,(H,13,17)(H,15,16). The Hall–Kier alpha value is -0.910. The van der Waals surface area contributed by atoms with E-state index in [-0.39, 0.29) is 12.1 Å². The van der Waals surface area contributed by atoms with E-state index in [0.29, 0.717) is 18.2 Å². The Morgan fingerprint density at radius 1 is 1.50 bits per heavy atom. The van der Waals surface area contributed by atoms with Crippen molar-refractivity contribution in [1.82, 2.24) is 10.2 Å². The van der Waals surface area contributed by atoms with Crippen molar-refractivity contribution < 1.29 is 14.7 Å². The predicted octanol–water partition coefficient (Wildman–Crippen LogP) is 1.63. The molecule has 0 spiro atoms. The van der Waals surface area contributed by atoms with Crippen molar-refractivity contribution in [1.29, 1.82) is 0 Å². The van der Waals surface area contributed by atoms with Gasteiger partial charge in [-0.25, -0.2) is 4.79 Å². The van der Waals surface area contributed by atoms with E-state index < -0.39 is 11.9 Å². The smallest absolute Gasteiger partial charge is 0.317 e. The van der Waals surface area contributed by atoms with Crippen LogP contribution in [0, 0.1) is 5.92 Å². The summed E-state index contributed by atoms with van der Waals surface area (Å²) in [6, 6.07) is 0.146. The van der Waals surface area contributed by atoms with E-state index in [1.807, 2.05) is 16.7 Å². The second kappa shape index (κ2) is 6.87. The van der Waals surface area contributed by atoms with E-state index in [0.717, 1.165) is 12.3 Å². The van der Waals surface area contributed by atoms with Crippen molar-refractivity contribution in [2.45, 2.75) is 38.5 Å². The van der Waals surface area contributed by atoms with Crippen LogP contribution in [0.2, 0.25) is 0 Å². The number of rotatable bonds is 4. The van der Waals surface area contributed by atoms with Gasteiger partial charge in [-0.15, -0.1) is 0 Å². The van der Waals surface area contributed by atoms with Gasteiger partial charge in [0, 0.05) is 30.1 Å². The van der Waals surface area contributed by atoms with Crippen molar-refractivity contribution in [3.8, 4) is 0 Å². The molecule has 1 aliphatic heterocycles. The van der Waals surface area contributed by atoms with Gasteiger partial charge in [-0.2, -0.15) is 11.8 Å². The molecule has 1 rings (SSSR count). The number of carboxylic acid groups (broad SMARTS) is 1. The van der Waals surface area contributed by atoms with Gasteiger partial charge < -0.3 is 15.3 Å². The van der Waals surface area contributed by atoms with E-state index in [1.165, 1.54) is 0 Å². The molecule has 1 aliphatic rings. The Morgan fingerprint density at radius 3 is 2.78 bits per heavy atom. The highest BCUT2D eigenvalue weighted by atomic mass is 32.2. The second-order valence-corrected chi connectivity index (χ2v) is 6.25. The van der Waals surface area contributed by atoms with Crippen LogP contribution >= 0.6 is 11.8 Å². The first-order chi connectivity index (χ1) is 8.43. The lowest BCUT2D eigenvalue weighted by Gasteiger charge is -2.37. The molecule has 0 bridgehead atoms. The number of hydrogen-bond acceptors (Lipinski definition) is 3. The van der Waals surface area contributed by atoms with Gasteiger partial charge >= 0.3 is 12.0 Å². The summed E-state index contributed by atoms with van der Waals surface area (Å²) in [5.41, 5.74) is 0. The maximum absolute atomic E-state index is 12.0. The van der Waals surface area contributed by atoms with Crippen LogP contribution in [0.1, 0.15) is 27.2 Å². The highest BCUT2D eigenvalue weighted by molar-refractivity contribution is 8.00. The molecule has 6 heteroatoms. The molecule has 0 aromatic heterocycles. The molecule has 2 amide bonds. The summed E-state index contributed by atoms with van der Waals surface area (Å²) in [4.78, 5) is 24.4. The Bertz CT molecular complexity index is 312. The first kappa shape index (κ1) is 15.1. The van der Waals surface area contributed by atoms with Crippen molar-refractivity contribution in [3.05, 3.63) is 0 Å². The molecular formula is C12H22N2O3S. The van der Waals surface area contributed by atoms with E-state index in [1.54, 1.807) is 6.92 Å². The molecule has 3 atom stereocenters. The number of carboxylic acids is 1. The highest BCUT2D eigenvalue weighted by Crippen LogP contribution is 2.23. The Morgan fingerprint density at radius 2 is 2.17 bits per heavy atom. The summed E-state index contributed by atoms with van der Waals surface area (Å²) in [7, 11) is 0. The number of thioether (sulfide) groups is 1. The third-order valence-corrected chi connectivity index (χ3v) is 4.76. The van der Waals surface area contributed by atoms with Crippen LogP contribution in [-0.4, -0.2) is 52.1 Å². The Labute approximate surface area is 112 Å². The topological polar surface area (TPSA) is 69.6 Å². The van der Waals surface area contributed by atoms with Crippen LogP contribution in [0.3, 0.4) is 0 Å². The summed E-state index contributed by atoms with van der Waals surface area (Å²) in [6.45, 7) is 7.00. The summed E-state index contributed by atoms with van der Waals surface area (Å²) >= 11 is 1.88.